The second-order valence-electron chi connectivity index (χ2n) is 6.48. The van der Waals surface area contributed by atoms with Crippen molar-refractivity contribution in [3.05, 3.63) is 60.2 Å². The van der Waals surface area contributed by atoms with Crippen LogP contribution < -0.4 is 15.0 Å². The number of methoxy groups -OCH3 is 1. The van der Waals surface area contributed by atoms with Gasteiger partial charge in [-0.25, -0.2) is 0 Å². The number of carbonyl (C=O) groups is 1. The number of hydrogen-bond donors (Lipinski definition) is 1. The van der Waals surface area contributed by atoms with Crippen molar-refractivity contribution in [2.75, 3.05) is 31.7 Å². The van der Waals surface area contributed by atoms with Gasteiger partial charge in [-0.2, -0.15) is 0 Å². The van der Waals surface area contributed by atoms with Crippen molar-refractivity contribution in [1.82, 2.24) is 5.32 Å². The number of rotatable bonds is 8. The van der Waals surface area contributed by atoms with Gasteiger partial charge in [0.05, 0.1) is 19.8 Å². The molecule has 0 unspecified atom stereocenters. The quantitative estimate of drug-likeness (QED) is 0.792. The van der Waals surface area contributed by atoms with Crippen molar-refractivity contribution in [3.8, 4) is 5.75 Å². The van der Waals surface area contributed by atoms with E-state index in [4.69, 9.17) is 9.47 Å². The Morgan fingerprint density at radius 3 is 2.62 bits per heavy atom. The topological polar surface area (TPSA) is 50.8 Å². The summed E-state index contributed by atoms with van der Waals surface area (Å²) >= 11 is 0. The zero-order valence-corrected chi connectivity index (χ0v) is 15.2. The maximum absolute atomic E-state index is 12.5. The summed E-state index contributed by atoms with van der Waals surface area (Å²) in [6.07, 6.45) is 2.25. The Morgan fingerprint density at radius 2 is 1.96 bits per heavy atom. The van der Waals surface area contributed by atoms with E-state index in [-0.39, 0.29) is 12.0 Å². The highest BCUT2D eigenvalue weighted by atomic mass is 16.5. The van der Waals surface area contributed by atoms with Crippen LogP contribution in [0.5, 0.6) is 5.75 Å². The first-order valence-corrected chi connectivity index (χ1v) is 9.06. The molecule has 1 saturated heterocycles. The monoisotopic (exact) mass is 354 g/mol. The second-order valence-corrected chi connectivity index (χ2v) is 6.48. The number of anilines is 1. The van der Waals surface area contributed by atoms with Crippen LogP contribution in [0.3, 0.4) is 0 Å². The van der Waals surface area contributed by atoms with Gasteiger partial charge in [0, 0.05) is 25.4 Å². The van der Waals surface area contributed by atoms with Crippen LogP contribution in [0, 0.1) is 0 Å². The third kappa shape index (κ3) is 5.23. The molecule has 3 rings (SSSR count). The minimum Gasteiger partial charge on any atom is -0.497 e. The van der Waals surface area contributed by atoms with Gasteiger partial charge in [-0.15, -0.1) is 0 Å². The lowest BCUT2D eigenvalue weighted by Crippen LogP contribution is -2.40. The molecule has 1 atom stereocenters. The van der Waals surface area contributed by atoms with E-state index in [2.05, 4.69) is 22.3 Å². The van der Waals surface area contributed by atoms with Gasteiger partial charge in [-0.3, -0.25) is 4.79 Å². The van der Waals surface area contributed by atoms with Gasteiger partial charge >= 0.3 is 0 Å². The summed E-state index contributed by atoms with van der Waals surface area (Å²) in [7, 11) is 1.65. The molecule has 2 aromatic rings. The van der Waals surface area contributed by atoms with E-state index in [1.54, 1.807) is 7.11 Å². The molecule has 5 nitrogen and oxygen atoms in total. The molecule has 1 heterocycles. The molecule has 0 bridgehead atoms. The first-order valence-electron chi connectivity index (χ1n) is 9.06. The van der Waals surface area contributed by atoms with Crippen molar-refractivity contribution in [1.29, 1.82) is 0 Å². The highest BCUT2D eigenvalue weighted by molar-refractivity contribution is 5.81. The fourth-order valence-electron chi connectivity index (χ4n) is 3.10. The SMILES string of the molecule is COc1ccc(N(CC(=O)NC[C@@H]2CCCO2)Cc2ccccc2)cc1. The van der Waals surface area contributed by atoms with Crippen molar-refractivity contribution in [2.45, 2.75) is 25.5 Å². The van der Waals surface area contributed by atoms with E-state index >= 15 is 0 Å². The van der Waals surface area contributed by atoms with E-state index in [1.807, 2.05) is 42.5 Å². The Morgan fingerprint density at radius 1 is 1.19 bits per heavy atom. The van der Waals surface area contributed by atoms with Crippen molar-refractivity contribution in [3.63, 3.8) is 0 Å². The highest BCUT2D eigenvalue weighted by Crippen LogP contribution is 2.21. The first-order chi connectivity index (χ1) is 12.7. The van der Waals surface area contributed by atoms with E-state index in [0.29, 0.717) is 19.6 Å². The van der Waals surface area contributed by atoms with Crippen LogP contribution in [0.25, 0.3) is 0 Å². The van der Waals surface area contributed by atoms with Crippen LogP contribution in [-0.2, 0) is 16.1 Å². The Kier molecular flexibility index (Phi) is 6.50. The third-order valence-corrected chi connectivity index (χ3v) is 4.54. The predicted octanol–water partition coefficient (Wildman–Crippen LogP) is 3.00. The number of carbonyl (C=O) groups excluding carboxylic acids is 1. The van der Waals surface area contributed by atoms with Gasteiger partial charge in [0.15, 0.2) is 0 Å². The van der Waals surface area contributed by atoms with Gasteiger partial charge in [0.1, 0.15) is 5.75 Å². The largest absolute Gasteiger partial charge is 0.497 e. The van der Waals surface area contributed by atoms with Crippen molar-refractivity contribution >= 4 is 11.6 Å². The normalized spacial score (nSPS) is 16.3. The fourth-order valence-corrected chi connectivity index (χ4v) is 3.10. The summed E-state index contributed by atoms with van der Waals surface area (Å²) in [5, 5.41) is 3.00. The van der Waals surface area contributed by atoms with Crippen molar-refractivity contribution in [2.24, 2.45) is 0 Å². The van der Waals surface area contributed by atoms with Crippen LogP contribution in [0.2, 0.25) is 0 Å². The average Bonchev–Trinajstić information content (AvgIpc) is 3.20. The maximum atomic E-state index is 12.5. The molecule has 0 saturated carbocycles. The second kappa shape index (κ2) is 9.25. The van der Waals surface area contributed by atoms with E-state index in [9.17, 15) is 4.79 Å². The molecule has 26 heavy (non-hydrogen) atoms. The molecule has 5 heteroatoms. The van der Waals surface area contributed by atoms with Gasteiger partial charge in [0.25, 0.3) is 0 Å². The van der Waals surface area contributed by atoms with Gasteiger partial charge in [-0.05, 0) is 42.7 Å². The number of amides is 1. The smallest absolute Gasteiger partial charge is 0.239 e. The Hall–Kier alpha value is -2.53. The zero-order chi connectivity index (χ0) is 18.2. The van der Waals surface area contributed by atoms with Gasteiger partial charge in [0.2, 0.25) is 5.91 Å². The number of benzene rings is 2. The standard InChI is InChI=1S/C21H26N2O3/c1-25-19-11-9-18(10-12-19)23(15-17-6-3-2-4-7-17)16-21(24)22-14-20-8-5-13-26-20/h2-4,6-7,9-12,20H,5,8,13-16H2,1H3,(H,22,24)/t20-/m0/s1. The molecular formula is C21H26N2O3. The minimum atomic E-state index is 0.00671. The van der Waals surface area contributed by atoms with E-state index in [0.717, 1.165) is 36.4 Å². The molecule has 0 radical (unpaired) electrons. The van der Waals surface area contributed by atoms with Crippen LogP contribution in [0.1, 0.15) is 18.4 Å². The Bertz CT molecular complexity index is 682. The predicted molar refractivity (Wildman–Crippen MR) is 102 cm³/mol. The Balaban J connectivity index is 1.65. The molecule has 1 fully saturated rings. The lowest BCUT2D eigenvalue weighted by atomic mass is 10.2. The lowest BCUT2D eigenvalue weighted by Gasteiger charge is -2.25. The van der Waals surface area contributed by atoms with Crippen LogP contribution in [0.4, 0.5) is 5.69 Å². The van der Waals surface area contributed by atoms with Crippen molar-refractivity contribution < 1.29 is 14.3 Å². The zero-order valence-electron chi connectivity index (χ0n) is 15.2. The molecular weight excluding hydrogens is 328 g/mol. The maximum Gasteiger partial charge on any atom is 0.239 e. The average molecular weight is 354 g/mol. The fraction of sp³-hybridized carbons (Fsp3) is 0.381. The number of hydrogen-bond acceptors (Lipinski definition) is 4. The summed E-state index contributed by atoms with van der Waals surface area (Å²) in [6.45, 7) is 2.35. The molecule has 0 aromatic heterocycles. The summed E-state index contributed by atoms with van der Waals surface area (Å²) in [5.74, 6) is 0.809. The van der Waals surface area contributed by atoms with Crippen LogP contribution in [-0.4, -0.2) is 38.8 Å². The third-order valence-electron chi connectivity index (χ3n) is 4.54. The van der Waals surface area contributed by atoms with Gasteiger partial charge in [-0.1, -0.05) is 30.3 Å². The molecule has 0 spiro atoms. The first kappa shape index (κ1) is 18.3. The van der Waals surface area contributed by atoms with Crippen LogP contribution >= 0.6 is 0 Å². The Labute approximate surface area is 154 Å². The number of ether oxygens (including phenoxy) is 2. The molecule has 1 aliphatic heterocycles. The summed E-state index contributed by atoms with van der Waals surface area (Å²) in [4.78, 5) is 14.5. The lowest BCUT2D eigenvalue weighted by molar-refractivity contribution is -0.120. The molecule has 138 valence electrons. The minimum absolute atomic E-state index is 0.00671. The molecule has 1 aliphatic rings. The van der Waals surface area contributed by atoms with Crippen LogP contribution in [0.15, 0.2) is 54.6 Å². The highest BCUT2D eigenvalue weighted by Gasteiger charge is 2.18. The summed E-state index contributed by atoms with van der Waals surface area (Å²) in [5.41, 5.74) is 2.15. The number of nitrogens with one attached hydrogen (secondary N) is 1. The van der Waals surface area contributed by atoms with E-state index in [1.165, 1.54) is 0 Å². The summed E-state index contributed by atoms with van der Waals surface area (Å²) in [6, 6.07) is 18.0. The summed E-state index contributed by atoms with van der Waals surface area (Å²) < 4.78 is 10.8. The molecule has 0 aliphatic carbocycles. The van der Waals surface area contributed by atoms with E-state index < -0.39 is 0 Å². The molecule has 1 amide bonds. The molecule has 1 N–H and O–H groups in total. The van der Waals surface area contributed by atoms with Gasteiger partial charge < -0.3 is 19.7 Å². The molecule has 2 aromatic carbocycles. The number of nitrogens with zero attached hydrogens (tertiary/aromatic N) is 1.